The second-order valence-corrected chi connectivity index (χ2v) is 5.30. The van der Waals surface area contributed by atoms with Crippen molar-refractivity contribution in [1.82, 2.24) is 5.32 Å². The van der Waals surface area contributed by atoms with Gasteiger partial charge in [0, 0.05) is 24.0 Å². The zero-order valence-electron chi connectivity index (χ0n) is 11.3. The number of amides is 1. The lowest BCUT2D eigenvalue weighted by atomic mass is 10.2. The number of anilines is 1. The molecule has 1 unspecified atom stereocenters. The highest BCUT2D eigenvalue weighted by Crippen LogP contribution is 2.19. The SMILES string of the molecule is CSCC(C)NCc1cccc(NC(=O)C(F)(F)F)c1. The Balaban J connectivity index is 2.60. The predicted octanol–water partition coefficient (Wildman–Crippen LogP) is 3.03. The fourth-order valence-corrected chi connectivity index (χ4v) is 2.18. The molecule has 0 aliphatic heterocycles. The number of carbonyl (C=O) groups excluding carboxylic acids is 1. The molecule has 1 atom stereocenters. The third kappa shape index (κ3) is 5.83. The molecule has 0 aromatic heterocycles. The quantitative estimate of drug-likeness (QED) is 0.849. The molecular formula is C13H17F3N2OS. The molecular weight excluding hydrogens is 289 g/mol. The van der Waals surface area contributed by atoms with Crippen LogP contribution in [0.2, 0.25) is 0 Å². The first kappa shape index (κ1) is 16.8. The number of halogens is 3. The van der Waals surface area contributed by atoms with Gasteiger partial charge < -0.3 is 10.6 Å². The van der Waals surface area contributed by atoms with Gasteiger partial charge in [-0.25, -0.2) is 0 Å². The van der Waals surface area contributed by atoms with E-state index in [0.717, 1.165) is 11.3 Å². The van der Waals surface area contributed by atoms with E-state index in [-0.39, 0.29) is 5.69 Å². The topological polar surface area (TPSA) is 41.1 Å². The summed E-state index contributed by atoms with van der Waals surface area (Å²) in [4.78, 5) is 10.8. The van der Waals surface area contributed by atoms with Gasteiger partial charge in [-0.15, -0.1) is 0 Å². The van der Waals surface area contributed by atoms with Crippen molar-refractivity contribution in [3.05, 3.63) is 29.8 Å². The van der Waals surface area contributed by atoms with Crippen molar-refractivity contribution in [1.29, 1.82) is 0 Å². The number of rotatable bonds is 6. The maximum absolute atomic E-state index is 12.1. The first-order chi connectivity index (χ1) is 9.32. The fraction of sp³-hybridized carbons (Fsp3) is 0.462. The van der Waals surface area contributed by atoms with Crippen LogP contribution < -0.4 is 10.6 Å². The van der Waals surface area contributed by atoms with Crippen molar-refractivity contribution in [3.8, 4) is 0 Å². The minimum absolute atomic E-state index is 0.143. The van der Waals surface area contributed by atoms with Crippen molar-refractivity contribution in [3.63, 3.8) is 0 Å². The largest absolute Gasteiger partial charge is 0.471 e. The number of hydrogen-bond donors (Lipinski definition) is 2. The standard InChI is InChI=1S/C13H17F3N2OS/c1-9(8-20-2)17-7-10-4-3-5-11(6-10)18-12(19)13(14,15)16/h3-6,9,17H,7-8H2,1-2H3,(H,18,19). The van der Waals surface area contributed by atoms with Gasteiger partial charge in [0.1, 0.15) is 0 Å². The van der Waals surface area contributed by atoms with Gasteiger partial charge in [0.25, 0.3) is 0 Å². The number of nitrogens with one attached hydrogen (secondary N) is 2. The Kier molecular flexibility index (Phi) is 6.35. The second kappa shape index (κ2) is 7.54. The molecule has 0 fully saturated rings. The van der Waals surface area contributed by atoms with Crippen LogP contribution in [0.3, 0.4) is 0 Å². The first-order valence-corrected chi connectivity index (χ1v) is 7.41. The molecule has 0 spiro atoms. The van der Waals surface area contributed by atoms with E-state index in [2.05, 4.69) is 5.32 Å². The van der Waals surface area contributed by atoms with Crippen LogP contribution in [0.15, 0.2) is 24.3 Å². The molecule has 1 rings (SSSR count). The van der Waals surface area contributed by atoms with E-state index in [1.807, 2.05) is 18.5 Å². The average Bonchev–Trinajstić information content (AvgIpc) is 2.36. The summed E-state index contributed by atoms with van der Waals surface area (Å²) < 4.78 is 36.4. The van der Waals surface area contributed by atoms with Crippen LogP contribution in [0.5, 0.6) is 0 Å². The summed E-state index contributed by atoms with van der Waals surface area (Å²) in [6.45, 7) is 2.57. The van der Waals surface area contributed by atoms with Crippen LogP contribution in [0.1, 0.15) is 12.5 Å². The number of benzene rings is 1. The predicted molar refractivity (Wildman–Crippen MR) is 75.8 cm³/mol. The van der Waals surface area contributed by atoms with Crippen molar-refractivity contribution < 1.29 is 18.0 Å². The summed E-state index contributed by atoms with van der Waals surface area (Å²) >= 11 is 1.71. The van der Waals surface area contributed by atoms with Gasteiger partial charge in [0.2, 0.25) is 0 Å². The lowest BCUT2D eigenvalue weighted by molar-refractivity contribution is -0.167. The molecule has 1 aromatic rings. The summed E-state index contributed by atoms with van der Waals surface area (Å²) in [5, 5.41) is 5.09. The molecule has 3 nitrogen and oxygen atoms in total. The maximum Gasteiger partial charge on any atom is 0.471 e. The zero-order chi connectivity index (χ0) is 15.2. The molecule has 112 valence electrons. The number of alkyl halides is 3. The molecule has 20 heavy (non-hydrogen) atoms. The lowest BCUT2D eigenvalue weighted by Gasteiger charge is -2.13. The Morgan fingerprint density at radius 1 is 1.40 bits per heavy atom. The van der Waals surface area contributed by atoms with Crippen LogP contribution in [0.4, 0.5) is 18.9 Å². The third-order valence-corrected chi connectivity index (χ3v) is 3.35. The second-order valence-electron chi connectivity index (χ2n) is 4.39. The van der Waals surface area contributed by atoms with Crippen molar-refractivity contribution in [2.75, 3.05) is 17.3 Å². The van der Waals surface area contributed by atoms with Gasteiger partial charge in [-0.05, 0) is 30.9 Å². The third-order valence-electron chi connectivity index (χ3n) is 2.51. The minimum atomic E-state index is -4.87. The molecule has 0 bridgehead atoms. The van der Waals surface area contributed by atoms with Gasteiger partial charge >= 0.3 is 12.1 Å². The van der Waals surface area contributed by atoms with Gasteiger partial charge in [0.05, 0.1) is 0 Å². The zero-order valence-corrected chi connectivity index (χ0v) is 12.1. The van der Waals surface area contributed by atoms with Gasteiger partial charge in [0.15, 0.2) is 0 Å². The Bertz CT molecular complexity index is 451. The molecule has 0 aliphatic rings. The molecule has 1 aromatic carbocycles. The minimum Gasteiger partial charge on any atom is -0.318 e. The Morgan fingerprint density at radius 2 is 2.10 bits per heavy atom. The molecule has 0 saturated carbocycles. The smallest absolute Gasteiger partial charge is 0.318 e. The number of hydrogen-bond acceptors (Lipinski definition) is 3. The Morgan fingerprint density at radius 3 is 2.70 bits per heavy atom. The van der Waals surface area contributed by atoms with Crippen molar-refractivity contribution >= 4 is 23.4 Å². The van der Waals surface area contributed by atoms with Gasteiger partial charge in [-0.1, -0.05) is 12.1 Å². The highest BCUT2D eigenvalue weighted by molar-refractivity contribution is 7.98. The van der Waals surface area contributed by atoms with Crippen LogP contribution in [0, 0.1) is 0 Å². The highest BCUT2D eigenvalue weighted by atomic mass is 32.2. The molecule has 7 heteroatoms. The van der Waals surface area contributed by atoms with Crippen LogP contribution in [-0.4, -0.2) is 30.1 Å². The molecule has 0 heterocycles. The summed E-state index contributed by atoms with van der Waals surface area (Å²) in [6, 6.07) is 6.67. The number of carbonyl (C=O) groups is 1. The Hall–Kier alpha value is -1.21. The maximum atomic E-state index is 12.1. The normalized spacial score (nSPS) is 13.1. The Labute approximate surface area is 120 Å². The summed E-state index contributed by atoms with van der Waals surface area (Å²) in [5.74, 6) is -1.01. The van der Waals surface area contributed by atoms with Crippen molar-refractivity contribution in [2.45, 2.75) is 25.7 Å². The van der Waals surface area contributed by atoms with Gasteiger partial charge in [-0.3, -0.25) is 4.79 Å². The lowest BCUT2D eigenvalue weighted by Crippen LogP contribution is -2.30. The summed E-state index contributed by atoms with van der Waals surface area (Å²) in [6.07, 6.45) is -2.87. The molecule has 0 aliphatic carbocycles. The summed E-state index contributed by atoms with van der Waals surface area (Å²) in [7, 11) is 0. The van der Waals surface area contributed by atoms with E-state index < -0.39 is 12.1 Å². The molecule has 0 radical (unpaired) electrons. The average molecular weight is 306 g/mol. The molecule has 1 amide bonds. The van der Waals surface area contributed by atoms with Crippen LogP contribution in [-0.2, 0) is 11.3 Å². The van der Waals surface area contributed by atoms with Gasteiger partial charge in [-0.2, -0.15) is 24.9 Å². The fourth-order valence-electron chi connectivity index (χ4n) is 1.56. The van der Waals surface area contributed by atoms with Crippen LogP contribution >= 0.6 is 11.8 Å². The molecule has 0 saturated heterocycles. The number of thioether (sulfide) groups is 1. The van der Waals surface area contributed by atoms with E-state index >= 15 is 0 Å². The van der Waals surface area contributed by atoms with E-state index in [0.29, 0.717) is 12.6 Å². The van der Waals surface area contributed by atoms with Crippen molar-refractivity contribution in [2.24, 2.45) is 0 Å². The van der Waals surface area contributed by atoms with E-state index in [1.54, 1.807) is 23.9 Å². The van der Waals surface area contributed by atoms with E-state index in [9.17, 15) is 18.0 Å². The van der Waals surface area contributed by atoms with E-state index in [4.69, 9.17) is 0 Å². The molecule has 2 N–H and O–H groups in total. The first-order valence-electron chi connectivity index (χ1n) is 6.02. The van der Waals surface area contributed by atoms with E-state index in [1.165, 1.54) is 12.1 Å². The monoisotopic (exact) mass is 306 g/mol. The summed E-state index contributed by atoms with van der Waals surface area (Å²) in [5.41, 5.74) is 0.960. The van der Waals surface area contributed by atoms with Crippen LogP contribution in [0.25, 0.3) is 0 Å². The highest BCUT2D eigenvalue weighted by Gasteiger charge is 2.38.